The molecule has 2 aromatic rings. The Labute approximate surface area is 106 Å². The highest BCUT2D eigenvalue weighted by molar-refractivity contribution is 7.10. The van der Waals surface area contributed by atoms with Crippen LogP contribution in [0.25, 0.3) is 0 Å². The van der Waals surface area contributed by atoms with Crippen molar-refractivity contribution in [3.63, 3.8) is 0 Å². The van der Waals surface area contributed by atoms with E-state index in [0.717, 1.165) is 0 Å². The summed E-state index contributed by atoms with van der Waals surface area (Å²) >= 11 is 1.84. The van der Waals surface area contributed by atoms with Gasteiger partial charge >= 0.3 is 0 Å². The molecule has 0 fully saturated rings. The Bertz CT molecular complexity index is 464. The average molecular weight is 243 g/mol. The van der Waals surface area contributed by atoms with Crippen LogP contribution in [0.4, 0.5) is 0 Å². The predicted octanol–water partition coefficient (Wildman–Crippen LogP) is 3.57. The zero-order chi connectivity index (χ0) is 11.7. The maximum atomic E-state index is 3.74. The maximum Gasteiger partial charge on any atom is 0.0388 e. The van der Waals surface area contributed by atoms with Crippen molar-refractivity contribution in [2.24, 2.45) is 0 Å². The van der Waals surface area contributed by atoms with Gasteiger partial charge in [-0.2, -0.15) is 0 Å². The summed E-state index contributed by atoms with van der Waals surface area (Å²) in [6, 6.07) is 14.2. The first-order valence-electron chi connectivity index (χ1n) is 6.19. The summed E-state index contributed by atoms with van der Waals surface area (Å²) in [5.41, 5.74) is 3.03. The van der Waals surface area contributed by atoms with E-state index in [2.05, 4.69) is 54.0 Å². The summed E-state index contributed by atoms with van der Waals surface area (Å²) < 4.78 is 0. The fourth-order valence-electron chi connectivity index (χ4n) is 2.65. The lowest BCUT2D eigenvalue weighted by atomic mass is 10.1. The summed E-state index contributed by atoms with van der Waals surface area (Å²) in [7, 11) is 0. The standard InChI is InChI=1S/C15H17NS/c1-11(15-7-4-8-17-15)16-14-9-12-5-2-3-6-13(12)10-14/h2-8,11,14,16H,9-10H2,1H3/t11-/m1/s1. The summed E-state index contributed by atoms with van der Waals surface area (Å²) in [5.74, 6) is 0. The van der Waals surface area contributed by atoms with Crippen LogP contribution in [-0.4, -0.2) is 6.04 Å². The van der Waals surface area contributed by atoms with Gasteiger partial charge in [0.05, 0.1) is 0 Å². The molecule has 3 rings (SSSR count). The smallest absolute Gasteiger partial charge is 0.0388 e. The van der Waals surface area contributed by atoms with Crippen LogP contribution in [0.15, 0.2) is 41.8 Å². The normalized spacial score (nSPS) is 17.0. The van der Waals surface area contributed by atoms with Crippen molar-refractivity contribution in [1.29, 1.82) is 0 Å². The molecule has 0 spiro atoms. The van der Waals surface area contributed by atoms with E-state index in [-0.39, 0.29) is 0 Å². The average Bonchev–Trinajstić information content (AvgIpc) is 2.97. The summed E-state index contributed by atoms with van der Waals surface area (Å²) in [4.78, 5) is 1.43. The largest absolute Gasteiger partial charge is 0.306 e. The Balaban J connectivity index is 1.66. The molecule has 1 N–H and O–H groups in total. The molecule has 0 bridgehead atoms. The fraction of sp³-hybridized carbons (Fsp3) is 0.333. The van der Waals surface area contributed by atoms with Gasteiger partial charge in [-0.25, -0.2) is 0 Å². The highest BCUT2D eigenvalue weighted by atomic mass is 32.1. The minimum atomic E-state index is 0.467. The Morgan fingerprint density at radius 3 is 2.41 bits per heavy atom. The Hall–Kier alpha value is -1.12. The van der Waals surface area contributed by atoms with E-state index >= 15 is 0 Å². The molecular weight excluding hydrogens is 226 g/mol. The highest BCUT2D eigenvalue weighted by Gasteiger charge is 2.22. The van der Waals surface area contributed by atoms with E-state index in [1.54, 1.807) is 0 Å². The first kappa shape index (κ1) is 11.0. The molecule has 0 radical (unpaired) electrons. The van der Waals surface area contributed by atoms with Crippen LogP contribution < -0.4 is 5.32 Å². The molecule has 0 saturated heterocycles. The van der Waals surface area contributed by atoms with Gasteiger partial charge in [0.15, 0.2) is 0 Å². The van der Waals surface area contributed by atoms with Crippen molar-refractivity contribution in [3.8, 4) is 0 Å². The molecule has 1 aromatic heterocycles. The zero-order valence-electron chi connectivity index (χ0n) is 10.0. The van der Waals surface area contributed by atoms with E-state index < -0.39 is 0 Å². The molecule has 0 unspecified atom stereocenters. The van der Waals surface area contributed by atoms with Crippen molar-refractivity contribution in [2.45, 2.75) is 31.8 Å². The molecule has 17 heavy (non-hydrogen) atoms. The molecule has 0 aliphatic heterocycles. The van der Waals surface area contributed by atoms with Crippen LogP contribution in [0.3, 0.4) is 0 Å². The second-order valence-electron chi connectivity index (χ2n) is 4.78. The third kappa shape index (κ3) is 2.28. The maximum absolute atomic E-state index is 3.74. The number of hydrogen-bond acceptors (Lipinski definition) is 2. The first-order valence-corrected chi connectivity index (χ1v) is 7.07. The Kier molecular flexibility index (Phi) is 3.00. The molecule has 88 valence electrons. The van der Waals surface area contributed by atoms with Crippen LogP contribution in [0.2, 0.25) is 0 Å². The lowest BCUT2D eigenvalue weighted by molar-refractivity contribution is 0.472. The second-order valence-corrected chi connectivity index (χ2v) is 5.76. The SMILES string of the molecule is C[C@@H](NC1Cc2ccccc2C1)c1cccs1. The van der Waals surface area contributed by atoms with Gasteiger partial charge < -0.3 is 5.32 Å². The summed E-state index contributed by atoms with van der Waals surface area (Å²) in [6.45, 7) is 2.26. The molecule has 0 amide bonds. The van der Waals surface area contributed by atoms with Gasteiger partial charge in [0.25, 0.3) is 0 Å². The Morgan fingerprint density at radius 1 is 1.12 bits per heavy atom. The monoisotopic (exact) mass is 243 g/mol. The van der Waals surface area contributed by atoms with Gasteiger partial charge in [-0.05, 0) is 42.3 Å². The third-order valence-corrected chi connectivity index (χ3v) is 4.56. The van der Waals surface area contributed by atoms with E-state index in [9.17, 15) is 0 Å². The number of rotatable bonds is 3. The number of thiophene rings is 1. The second kappa shape index (κ2) is 4.63. The molecule has 1 atom stereocenters. The van der Waals surface area contributed by atoms with Crippen molar-refractivity contribution in [1.82, 2.24) is 5.32 Å². The van der Waals surface area contributed by atoms with E-state index in [1.807, 2.05) is 11.3 Å². The minimum Gasteiger partial charge on any atom is -0.306 e. The quantitative estimate of drug-likeness (QED) is 0.869. The molecule has 2 heteroatoms. The van der Waals surface area contributed by atoms with Crippen LogP contribution >= 0.6 is 11.3 Å². The van der Waals surface area contributed by atoms with Gasteiger partial charge in [-0.1, -0.05) is 30.3 Å². The van der Waals surface area contributed by atoms with Crippen LogP contribution in [-0.2, 0) is 12.8 Å². The summed E-state index contributed by atoms with van der Waals surface area (Å²) in [5, 5.41) is 5.89. The van der Waals surface area contributed by atoms with Crippen LogP contribution in [0.5, 0.6) is 0 Å². The lowest BCUT2D eigenvalue weighted by Crippen LogP contribution is -2.31. The number of hydrogen-bond donors (Lipinski definition) is 1. The fourth-order valence-corrected chi connectivity index (χ4v) is 3.39. The van der Waals surface area contributed by atoms with Crippen molar-refractivity contribution in [2.75, 3.05) is 0 Å². The molecule has 1 aromatic carbocycles. The first-order chi connectivity index (χ1) is 8.33. The number of fused-ring (bicyclic) bond motifs is 1. The molecule has 1 nitrogen and oxygen atoms in total. The molecule has 1 aliphatic carbocycles. The van der Waals surface area contributed by atoms with Crippen molar-refractivity contribution >= 4 is 11.3 Å². The lowest BCUT2D eigenvalue weighted by Gasteiger charge is -2.18. The third-order valence-electron chi connectivity index (χ3n) is 3.51. The van der Waals surface area contributed by atoms with Gasteiger partial charge in [-0.3, -0.25) is 0 Å². The molecule has 0 saturated carbocycles. The molecule has 1 aliphatic rings. The molecular formula is C15H17NS. The highest BCUT2D eigenvalue weighted by Crippen LogP contribution is 2.25. The van der Waals surface area contributed by atoms with Gasteiger partial charge in [0.2, 0.25) is 0 Å². The Morgan fingerprint density at radius 2 is 1.82 bits per heavy atom. The predicted molar refractivity (Wildman–Crippen MR) is 73.5 cm³/mol. The van der Waals surface area contributed by atoms with E-state index in [4.69, 9.17) is 0 Å². The number of nitrogens with one attached hydrogen (secondary N) is 1. The van der Waals surface area contributed by atoms with E-state index in [0.29, 0.717) is 12.1 Å². The number of benzene rings is 1. The van der Waals surface area contributed by atoms with Gasteiger partial charge in [0.1, 0.15) is 0 Å². The van der Waals surface area contributed by atoms with Gasteiger partial charge in [0, 0.05) is 17.0 Å². The van der Waals surface area contributed by atoms with Crippen molar-refractivity contribution in [3.05, 3.63) is 57.8 Å². The van der Waals surface area contributed by atoms with Crippen LogP contribution in [0.1, 0.15) is 29.0 Å². The molecule has 1 heterocycles. The van der Waals surface area contributed by atoms with E-state index in [1.165, 1.54) is 28.8 Å². The van der Waals surface area contributed by atoms with Crippen LogP contribution in [0, 0.1) is 0 Å². The topological polar surface area (TPSA) is 12.0 Å². The van der Waals surface area contributed by atoms with Gasteiger partial charge in [-0.15, -0.1) is 11.3 Å². The zero-order valence-corrected chi connectivity index (χ0v) is 10.8. The summed E-state index contributed by atoms with van der Waals surface area (Å²) in [6.07, 6.45) is 2.35. The van der Waals surface area contributed by atoms with Crippen molar-refractivity contribution < 1.29 is 0 Å². The minimum absolute atomic E-state index is 0.467.